The molecule has 0 bridgehead atoms. The van der Waals surface area contributed by atoms with E-state index in [2.05, 4.69) is 27.8 Å². The molecule has 1 aliphatic rings. The number of allylic oxidation sites excluding steroid dienone is 5. The SMILES string of the molecule is C=C(C)Oc1cc(C(=O)NC(NC)Nc2cccc(NC(=O)c3ccc(C4=CC=C(F)CC4)cc3)c2)cc(OC)c1OC. The Morgan fingerprint density at radius 1 is 0.884 bits per heavy atom. The van der Waals surface area contributed by atoms with Crippen LogP contribution < -0.4 is 35.5 Å². The molecule has 4 rings (SSSR count). The van der Waals surface area contributed by atoms with Crippen molar-refractivity contribution in [1.82, 2.24) is 10.6 Å². The quantitative estimate of drug-likeness (QED) is 0.147. The topological polar surface area (TPSA) is 110 Å². The fourth-order valence-electron chi connectivity index (χ4n) is 4.46. The van der Waals surface area contributed by atoms with Gasteiger partial charge in [0.15, 0.2) is 17.8 Å². The normalized spacial score (nSPS) is 13.1. The van der Waals surface area contributed by atoms with Crippen LogP contribution in [-0.4, -0.2) is 39.4 Å². The van der Waals surface area contributed by atoms with Crippen molar-refractivity contribution in [3.8, 4) is 17.2 Å². The van der Waals surface area contributed by atoms with Gasteiger partial charge in [-0.1, -0.05) is 30.9 Å². The zero-order valence-corrected chi connectivity index (χ0v) is 24.5. The van der Waals surface area contributed by atoms with Crippen molar-refractivity contribution in [3.05, 3.63) is 108 Å². The molecule has 2 amide bonds. The highest BCUT2D eigenvalue weighted by Crippen LogP contribution is 2.39. The van der Waals surface area contributed by atoms with Crippen molar-refractivity contribution in [2.24, 2.45) is 0 Å². The van der Waals surface area contributed by atoms with E-state index < -0.39 is 12.2 Å². The molecule has 0 saturated heterocycles. The number of rotatable bonds is 12. The Bertz CT molecular complexity index is 1570. The van der Waals surface area contributed by atoms with Crippen molar-refractivity contribution in [2.75, 3.05) is 31.9 Å². The summed E-state index contributed by atoms with van der Waals surface area (Å²) in [7, 11) is 4.64. The first-order chi connectivity index (χ1) is 20.7. The predicted octanol–water partition coefficient (Wildman–Crippen LogP) is 6.24. The molecule has 0 radical (unpaired) electrons. The van der Waals surface area contributed by atoms with Crippen molar-refractivity contribution in [2.45, 2.75) is 26.1 Å². The number of anilines is 2. The van der Waals surface area contributed by atoms with Gasteiger partial charge < -0.3 is 30.2 Å². The van der Waals surface area contributed by atoms with E-state index in [-0.39, 0.29) is 17.3 Å². The van der Waals surface area contributed by atoms with Gasteiger partial charge in [0, 0.05) is 28.9 Å². The highest BCUT2D eigenvalue weighted by Gasteiger charge is 2.20. The number of benzene rings is 3. The van der Waals surface area contributed by atoms with Crippen LogP contribution in [0.15, 0.2) is 91.0 Å². The van der Waals surface area contributed by atoms with Crippen molar-refractivity contribution >= 4 is 28.8 Å². The Morgan fingerprint density at radius 3 is 2.23 bits per heavy atom. The van der Waals surface area contributed by atoms with Gasteiger partial charge in [0.05, 0.1) is 20.0 Å². The average molecular weight is 587 g/mol. The molecular formula is C33H35FN4O5. The third-order valence-electron chi connectivity index (χ3n) is 6.60. The first-order valence-corrected chi connectivity index (χ1v) is 13.6. The van der Waals surface area contributed by atoms with E-state index in [1.807, 2.05) is 18.2 Å². The molecule has 1 atom stereocenters. The first kappa shape index (κ1) is 30.9. The van der Waals surface area contributed by atoms with Crippen molar-refractivity contribution < 1.29 is 28.2 Å². The largest absolute Gasteiger partial charge is 0.493 e. The third-order valence-corrected chi connectivity index (χ3v) is 6.60. The summed E-state index contributed by atoms with van der Waals surface area (Å²) in [6.45, 7) is 5.43. The highest BCUT2D eigenvalue weighted by molar-refractivity contribution is 6.04. The molecular weight excluding hydrogens is 551 g/mol. The van der Waals surface area contributed by atoms with Crippen molar-refractivity contribution in [1.29, 1.82) is 0 Å². The number of carbonyl (C=O) groups is 2. The van der Waals surface area contributed by atoms with Gasteiger partial charge in [0.25, 0.3) is 11.8 Å². The minimum absolute atomic E-state index is 0.124. The second kappa shape index (κ2) is 14.2. The summed E-state index contributed by atoms with van der Waals surface area (Å²) in [5, 5.41) is 12.0. The predicted molar refractivity (Wildman–Crippen MR) is 166 cm³/mol. The molecule has 9 nitrogen and oxygen atoms in total. The summed E-state index contributed by atoms with van der Waals surface area (Å²) < 4.78 is 29.7. The Kier molecular flexibility index (Phi) is 10.2. The third kappa shape index (κ3) is 8.02. The van der Waals surface area contributed by atoms with Crippen molar-refractivity contribution in [3.63, 3.8) is 0 Å². The van der Waals surface area contributed by atoms with E-state index >= 15 is 0 Å². The number of hydrogen-bond donors (Lipinski definition) is 4. The molecule has 0 fully saturated rings. The summed E-state index contributed by atoms with van der Waals surface area (Å²) in [5.41, 5.74) is 3.98. The lowest BCUT2D eigenvalue weighted by molar-refractivity contribution is 0.0935. The molecule has 1 aliphatic carbocycles. The molecule has 3 aromatic carbocycles. The minimum Gasteiger partial charge on any atom is -0.493 e. The molecule has 43 heavy (non-hydrogen) atoms. The van der Waals surface area contributed by atoms with Gasteiger partial charge in [-0.3, -0.25) is 14.9 Å². The standard InChI is InChI=1S/C33H35FN4O5/c1-20(2)43-29-18-24(17-28(41-4)30(29)42-5)32(40)38-33(35-3)37-27-8-6-7-26(19-27)36-31(39)23-11-9-21(10-12-23)22-13-15-25(34)16-14-22/h6-13,15,17-19,33,35,37H,1,14,16H2,2-5H3,(H,36,39)(H,38,40). The molecule has 0 spiro atoms. The molecule has 1 unspecified atom stereocenters. The van der Waals surface area contributed by atoms with Gasteiger partial charge in [-0.25, -0.2) is 4.39 Å². The lowest BCUT2D eigenvalue weighted by Crippen LogP contribution is -2.49. The van der Waals surface area contributed by atoms with Gasteiger partial charge in [0.1, 0.15) is 5.83 Å². The van der Waals surface area contributed by atoms with Gasteiger partial charge in [0.2, 0.25) is 5.75 Å². The van der Waals surface area contributed by atoms with Gasteiger partial charge in [-0.2, -0.15) is 0 Å². The summed E-state index contributed by atoms with van der Waals surface area (Å²) in [6.07, 6.45) is 3.60. The number of nitrogens with one attached hydrogen (secondary N) is 4. The number of carbonyl (C=O) groups excluding carboxylic acids is 2. The molecule has 4 N–H and O–H groups in total. The molecule has 3 aromatic rings. The molecule has 10 heteroatoms. The van der Waals surface area contributed by atoms with E-state index in [4.69, 9.17) is 14.2 Å². The van der Waals surface area contributed by atoms with Crippen LogP contribution in [0.25, 0.3) is 5.57 Å². The fourth-order valence-corrected chi connectivity index (χ4v) is 4.46. The van der Waals surface area contributed by atoms with E-state index in [1.165, 1.54) is 20.3 Å². The maximum atomic E-state index is 13.3. The van der Waals surface area contributed by atoms with E-state index in [0.717, 1.165) is 11.1 Å². The van der Waals surface area contributed by atoms with Crippen LogP contribution in [0, 0.1) is 0 Å². The molecule has 0 aromatic heterocycles. The fraction of sp³-hybridized carbons (Fsp3) is 0.212. The average Bonchev–Trinajstić information content (AvgIpc) is 3.00. The monoisotopic (exact) mass is 586 g/mol. The first-order valence-electron chi connectivity index (χ1n) is 13.6. The molecule has 224 valence electrons. The summed E-state index contributed by atoms with van der Waals surface area (Å²) in [4.78, 5) is 26.1. The van der Waals surface area contributed by atoms with Crippen LogP contribution in [-0.2, 0) is 0 Å². The zero-order valence-electron chi connectivity index (χ0n) is 24.5. The minimum atomic E-state index is -0.665. The van der Waals surface area contributed by atoms with E-state index in [0.29, 0.717) is 52.8 Å². The zero-order chi connectivity index (χ0) is 30.9. The number of hydrogen-bond acceptors (Lipinski definition) is 7. The highest BCUT2D eigenvalue weighted by atomic mass is 19.1. The van der Waals surface area contributed by atoms with Crippen LogP contribution in [0.2, 0.25) is 0 Å². The Labute approximate surface area is 250 Å². The van der Waals surface area contributed by atoms with Crippen LogP contribution in [0.3, 0.4) is 0 Å². The second-order valence-corrected chi connectivity index (χ2v) is 9.77. The summed E-state index contributed by atoms with van der Waals surface area (Å²) in [5.74, 6) is 0.590. The van der Waals surface area contributed by atoms with Gasteiger partial charge in [-0.05, 0) is 80.1 Å². The summed E-state index contributed by atoms with van der Waals surface area (Å²) in [6, 6.07) is 17.4. The van der Waals surface area contributed by atoms with Crippen LogP contribution >= 0.6 is 0 Å². The lowest BCUT2D eigenvalue weighted by Gasteiger charge is -2.22. The van der Waals surface area contributed by atoms with Gasteiger partial charge >= 0.3 is 0 Å². The Balaban J connectivity index is 1.42. The second-order valence-electron chi connectivity index (χ2n) is 9.77. The number of ether oxygens (including phenoxy) is 3. The molecule has 0 saturated carbocycles. The van der Waals surface area contributed by atoms with E-state index in [9.17, 15) is 14.0 Å². The maximum absolute atomic E-state index is 13.3. The van der Waals surface area contributed by atoms with Crippen LogP contribution in [0.5, 0.6) is 17.2 Å². The number of methoxy groups -OCH3 is 2. The number of halogens is 1. The van der Waals surface area contributed by atoms with Gasteiger partial charge in [-0.15, -0.1) is 0 Å². The van der Waals surface area contributed by atoms with E-state index in [1.54, 1.807) is 62.5 Å². The Hall–Kier alpha value is -5.09. The lowest BCUT2D eigenvalue weighted by atomic mass is 9.96. The molecule has 0 heterocycles. The Morgan fingerprint density at radius 2 is 1.60 bits per heavy atom. The smallest absolute Gasteiger partial charge is 0.255 e. The maximum Gasteiger partial charge on any atom is 0.255 e. The van der Waals surface area contributed by atoms with Crippen LogP contribution in [0.4, 0.5) is 15.8 Å². The number of amides is 2. The molecule has 0 aliphatic heterocycles. The van der Waals surface area contributed by atoms with Crippen LogP contribution in [0.1, 0.15) is 46.0 Å². The summed E-state index contributed by atoms with van der Waals surface area (Å²) >= 11 is 0.